The Morgan fingerprint density at radius 1 is 1.03 bits per heavy atom. The van der Waals surface area contributed by atoms with Gasteiger partial charge in [0.2, 0.25) is 5.91 Å². The van der Waals surface area contributed by atoms with Gasteiger partial charge in [-0.3, -0.25) is 14.5 Å². The summed E-state index contributed by atoms with van der Waals surface area (Å²) in [4.78, 5) is 43.3. The van der Waals surface area contributed by atoms with Crippen LogP contribution < -0.4 is 15.0 Å². The second-order valence-corrected chi connectivity index (χ2v) is 10.3. The molecule has 2 heterocycles. The number of rotatable bonds is 11. The molecular formula is C29H31N3O5S2. The number of thiocarbonyl (C=S) groups is 1. The number of benzene rings is 2. The summed E-state index contributed by atoms with van der Waals surface area (Å²) in [6, 6.07) is 14.9. The third-order valence-corrected chi connectivity index (χ3v) is 7.83. The summed E-state index contributed by atoms with van der Waals surface area (Å²) in [5.41, 5.74) is 2.72. The third-order valence-electron chi connectivity index (χ3n) is 6.33. The van der Waals surface area contributed by atoms with Crippen LogP contribution in [0.1, 0.15) is 41.1 Å². The number of anilines is 2. The highest BCUT2D eigenvalue weighted by Crippen LogP contribution is 2.29. The summed E-state index contributed by atoms with van der Waals surface area (Å²) in [5, 5.41) is 5.24. The number of hydrogen-bond donors (Lipinski definition) is 1. The van der Waals surface area contributed by atoms with Crippen molar-refractivity contribution in [3.63, 3.8) is 0 Å². The number of thiophene rings is 1. The molecule has 1 atom stereocenters. The van der Waals surface area contributed by atoms with Crippen molar-refractivity contribution in [1.82, 2.24) is 4.90 Å². The first-order chi connectivity index (χ1) is 18.8. The van der Waals surface area contributed by atoms with Gasteiger partial charge in [-0.15, -0.1) is 11.3 Å². The fourth-order valence-corrected chi connectivity index (χ4v) is 5.67. The van der Waals surface area contributed by atoms with Crippen molar-refractivity contribution in [2.45, 2.75) is 39.7 Å². The van der Waals surface area contributed by atoms with E-state index in [0.29, 0.717) is 47.4 Å². The molecule has 4 rings (SSSR count). The van der Waals surface area contributed by atoms with E-state index in [1.165, 1.54) is 15.3 Å². The lowest BCUT2D eigenvalue weighted by Gasteiger charge is -2.24. The fraction of sp³-hybridized carbons (Fsp3) is 0.310. The summed E-state index contributed by atoms with van der Waals surface area (Å²) in [6.07, 6.45) is 0.635. The number of hydrogen-bond acceptors (Lipinski definition) is 7. The minimum absolute atomic E-state index is 0.0625. The van der Waals surface area contributed by atoms with Gasteiger partial charge in [0.05, 0.1) is 30.9 Å². The van der Waals surface area contributed by atoms with Crippen molar-refractivity contribution in [3.05, 3.63) is 76.0 Å². The van der Waals surface area contributed by atoms with Crippen LogP contribution in [0.15, 0.2) is 60.0 Å². The number of nitrogens with zero attached hydrogens (tertiary/aromatic N) is 2. The van der Waals surface area contributed by atoms with Crippen LogP contribution in [-0.2, 0) is 20.7 Å². The van der Waals surface area contributed by atoms with Gasteiger partial charge in [0.15, 0.2) is 5.11 Å². The highest BCUT2D eigenvalue weighted by atomic mass is 32.1. The van der Waals surface area contributed by atoms with E-state index < -0.39 is 12.0 Å². The first kappa shape index (κ1) is 28.3. The van der Waals surface area contributed by atoms with Gasteiger partial charge >= 0.3 is 5.97 Å². The van der Waals surface area contributed by atoms with Gasteiger partial charge in [-0.25, -0.2) is 4.79 Å². The first-order valence-electron chi connectivity index (χ1n) is 12.8. The molecule has 39 heavy (non-hydrogen) atoms. The maximum atomic E-state index is 13.7. The Kier molecular flexibility index (Phi) is 9.32. The molecule has 1 aliphatic rings. The largest absolute Gasteiger partial charge is 0.494 e. The second-order valence-electron chi connectivity index (χ2n) is 8.92. The van der Waals surface area contributed by atoms with E-state index in [-0.39, 0.29) is 24.8 Å². The predicted molar refractivity (Wildman–Crippen MR) is 157 cm³/mol. The number of aryl methyl sites for hydroxylation is 1. The van der Waals surface area contributed by atoms with E-state index in [1.54, 1.807) is 66.8 Å². The van der Waals surface area contributed by atoms with Crippen molar-refractivity contribution < 1.29 is 23.9 Å². The summed E-state index contributed by atoms with van der Waals surface area (Å²) in [7, 11) is 0. The zero-order valence-corrected chi connectivity index (χ0v) is 23.8. The van der Waals surface area contributed by atoms with E-state index in [9.17, 15) is 14.4 Å². The Hall–Kier alpha value is -3.76. The summed E-state index contributed by atoms with van der Waals surface area (Å²) in [6.45, 7) is 7.02. The van der Waals surface area contributed by atoms with Gasteiger partial charge in [-0.2, -0.15) is 0 Å². The Labute approximate surface area is 237 Å². The van der Waals surface area contributed by atoms with Crippen molar-refractivity contribution in [2.24, 2.45) is 0 Å². The summed E-state index contributed by atoms with van der Waals surface area (Å²) in [5.74, 6) is -0.298. The molecule has 1 saturated heterocycles. The maximum absolute atomic E-state index is 13.7. The highest BCUT2D eigenvalue weighted by molar-refractivity contribution is 7.80. The maximum Gasteiger partial charge on any atom is 0.338 e. The van der Waals surface area contributed by atoms with Crippen molar-refractivity contribution in [3.8, 4) is 5.75 Å². The van der Waals surface area contributed by atoms with Gasteiger partial charge in [-0.05, 0) is 105 Å². The molecule has 1 aliphatic heterocycles. The average Bonchev–Trinajstić information content (AvgIpc) is 3.43. The molecule has 0 radical (unpaired) electrons. The topological polar surface area (TPSA) is 88.2 Å². The van der Waals surface area contributed by atoms with Gasteiger partial charge in [0.1, 0.15) is 11.8 Å². The number of nitrogens with one attached hydrogen (secondary N) is 1. The normalized spacial score (nSPS) is 15.0. The van der Waals surface area contributed by atoms with Gasteiger partial charge < -0.3 is 19.7 Å². The first-order valence-corrected chi connectivity index (χ1v) is 14.1. The molecule has 0 saturated carbocycles. The molecule has 8 nitrogen and oxygen atoms in total. The van der Waals surface area contributed by atoms with Crippen molar-refractivity contribution in [1.29, 1.82) is 0 Å². The van der Waals surface area contributed by atoms with E-state index >= 15 is 0 Å². The molecule has 0 spiro atoms. The molecular weight excluding hydrogens is 534 g/mol. The smallest absolute Gasteiger partial charge is 0.338 e. The number of carbonyl (C=O) groups is 3. The van der Waals surface area contributed by atoms with Crippen LogP contribution in [-0.4, -0.2) is 53.6 Å². The molecule has 2 aromatic carbocycles. The molecule has 0 aliphatic carbocycles. The lowest BCUT2D eigenvalue weighted by Crippen LogP contribution is -2.39. The number of ether oxygens (including phenoxy) is 2. The minimum Gasteiger partial charge on any atom is -0.494 e. The van der Waals surface area contributed by atoms with E-state index in [2.05, 4.69) is 18.3 Å². The monoisotopic (exact) mass is 565 g/mol. The molecule has 1 N–H and O–H groups in total. The second kappa shape index (κ2) is 12.9. The van der Waals surface area contributed by atoms with Gasteiger partial charge in [-0.1, -0.05) is 0 Å². The van der Waals surface area contributed by atoms with Crippen LogP contribution in [0.5, 0.6) is 5.75 Å². The average molecular weight is 566 g/mol. The van der Waals surface area contributed by atoms with Crippen LogP contribution in [0, 0.1) is 6.92 Å². The molecule has 10 heteroatoms. The van der Waals surface area contributed by atoms with Crippen molar-refractivity contribution in [2.75, 3.05) is 30.0 Å². The molecule has 3 aromatic rings. The SMILES string of the molecule is CCOC(=O)c1ccc(N2C(=O)[C@H](CC(=O)Nc3ccc(OCC)cc3)N(CCc3sccc3C)C2=S)cc1. The van der Waals surface area contributed by atoms with Crippen LogP contribution in [0.4, 0.5) is 11.4 Å². The highest BCUT2D eigenvalue weighted by Gasteiger charge is 2.44. The molecule has 2 amide bonds. The quantitative estimate of drug-likeness (QED) is 0.252. The Balaban J connectivity index is 1.53. The van der Waals surface area contributed by atoms with E-state index in [0.717, 1.165) is 0 Å². The Bertz CT molecular complexity index is 1340. The standard InChI is InChI=1S/C29H31N3O5S2/c1-4-36-23-12-8-21(9-13-23)30-26(33)18-24-27(34)32(22-10-6-20(7-11-22)28(35)37-5-2)29(38)31(24)16-14-25-19(3)15-17-39-25/h6-13,15,17,24H,4-5,14,16,18H2,1-3H3,(H,30,33)/t24-/m0/s1. The number of amides is 2. The Morgan fingerprint density at radius 3 is 2.36 bits per heavy atom. The van der Waals surface area contributed by atoms with Gasteiger partial charge in [0, 0.05) is 17.1 Å². The minimum atomic E-state index is -0.759. The lowest BCUT2D eigenvalue weighted by atomic mass is 10.1. The van der Waals surface area contributed by atoms with Crippen LogP contribution in [0.3, 0.4) is 0 Å². The molecule has 1 fully saturated rings. The predicted octanol–water partition coefficient (Wildman–Crippen LogP) is 5.21. The summed E-state index contributed by atoms with van der Waals surface area (Å²) < 4.78 is 10.5. The zero-order valence-electron chi connectivity index (χ0n) is 22.1. The Morgan fingerprint density at radius 2 is 1.74 bits per heavy atom. The fourth-order valence-electron chi connectivity index (χ4n) is 4.36. The molecule has 1 aromatic heterocycles. The van der Waals surface area contributed by atoms with Crippen LogP contribution in [0.25, 0.3) is 0 Å². The molecule has 0 bridgehead atoms. The van der Waals surface area contributed by atoms with E-state index in [4.69, 9.17) is 21.7 Å². The molecule has 0 unspecified atom stereocenters. The number of esters is 1. The summed E-state index contributed by atoms with van der Waals surface area (Å²) >= 11 is 7.43. The molecule has 204 valence electrons. The van der Waals surface area contributed by atoms with Gasteiger partial charge in [0.25, 0.3) is 5.91 Å². The lowest BCUT2D eigenvalue weighted by molar-refractivity contribution is -0.124. The third kappa shape index (κ3) is 6.63. The van der Waals surface area contributed by atoms with Crippen LogP contribution in [0.2, 0.25) is 0 Å². The van der Waals surface area contributed by atoms with E-state index in [1.807, 2.05) is 17.2 Å². The zero-order chi connectivity index (χ0) is 27.9. The van der Waals surface area contributed by atoms with Crippen LogP contribution >= 0.6 is 23.6 Å². The van der Waals surface area contributed by atoms with Crippen molar-refractivity contribution >= 4 is 57.8 Å². The number of carbonyl (C=O) groups excluding carboxylic acids is 3.